The minimum Gasteiger partial charge on any atom is -0.350 e. The average molecular weight is 455 g/mol. The summed E-state index contributed by atoms with van der Waals surface area (Å²) in [6, 6.07) is 21.8. The van der Waals surface area contributed by atoms with Crippen molar-refractivity contribution in [1.82, 2.24) is 19.7 Å². The molecular weight excluding hydrogens is 431 g/mol. The van der Waals surface area contributed by atoms with Crippen LogP contribution in [0.25, 0.3) is 21.8 Å². The molecule has 0 saturated carbocycles. The Morgan fingerprint density at radius 2 is 1.71 bits per heavy atom. The molecule has 0 saturated heterocycles. The highest BCUT2D eigenvalue weighted by atomic mass is 19.1. The molecule has 0 aliphatic carbocycles. The van der Waals surface area contributed by atoms with Crippen molar-refractivity contribution in [1.29, 1.82) is 0 Å². The molecule has 0 unspecified atom stereocenters. The molecule has 34 heavy (non-hydrogen) atoms. The van der Waals surface area contributed by atoms with Gasteiger partial charge >= 0.3 is 0 Å². The summed E-state index contributed by atoms with van der Waals surface area (Å²) in [7, 11) is 0. The molecule has 5 aromatic rings. The number of fused-ring (bicyclic) bond motifs is 3. The first kappa shape index (κ1) is 21.6. The van der Waals surface area contributed by atoms with Crippen molar-refractivity contribution in [3.63, 3.8) is 0 Å². The van der Waals surface area contributed by atoms with E-state index in [1.807, 2.05) is 41.0 Å². The van der Waals surface area contributed by atoms with Crippen molar-refractivity contribution in [3.8, 4) is 0 Å². The van der Waals surface area contributed by atoms with E-state index in [9.17, 15) is 14.0 Å². The molecular formula is C27H23FN4O2. The second-order valence-electron chi connectivity index (χ2n) is 8.30. The number of para-hydroxylation sites is 1. The van der Waals surface area contributed by atoms with Crippen LogP contribution in [-0.2, 0) is 24.4 Å². The van der Waals surface area contributed by atoms with Gasteiger partial charge in [-0.05, 0) is 41.8 Å². The number of hydrogen-bond acceptors (Lipinski definition) is 3. The van der Waals surface area contributed by atoms with E-state index in [-0.39, 0.29) is 30.4 Å². The molecule has 2 aromatic heterocycles. The van der Waals surface area contributed by atoms with E-state index in [0.717, 1.165) is 33.0 Å². The summed E-state index contributed by atoms with van der Waals surface area (Å²) in [4.78, 5) is 26.0. The maximum Gasteiger partial charge on any atom is 0.291 e. The van der Waals surface area contributed by atoms with E-state index < -0.39 is 0 Å². The third-order valence-electron chi connectivity index (χ3n) is 6.06. The molecule has 0 aliphatic rings. The van der Waals surface area contributed by atoms with E-state index in [2.05, 4.69) is 29.5 Å². The Kier molecular flexibility index (Phi) is 5.67. The lowest BCUT2D eigenvalue weighted by Crippen LogP contribution is -2.33. The molecule has 0 spiro atoms. The molecule has 0 bridgehead atoms. The van der Waals surface area contributed by atoms with Gasteiger partial charge in [-0.15, -0.1) is 0 Å². The number of aryl methyl sites for hydroxylation is 1. The number of nitrogens with one attached hydrogen (secondary N) is 1. The number of hydrogen-bond donors (Lipinski definition) is 1. The Hall–Kier alpha value is -4.26. The van der Waals surface area contributed by atoms with Crippen LogP contribution >= 0.6 is 0 Å². The normalized spacial score (nSPS) is 11.2. The number of nitrogens with zero attached hydrogens (tertiary/aromatic N) is 3. The second-order valence-corrected chi connectivity index (χ2v) is 8.30. The second kappa shape index (κ2) is 8.94. The van der Waals surface area contributed by atoms with Crippen molar-refractivity contribution < 1.29 is 9.18 Å². The lowest BCUT2D eigenvalue weighted by molar-refractivity contribution is -0.122. The summed E-state index contributed by atoms with van der Waals surface area (Å²) < 4.78 is 16.3. The van der Waals surface area contributed by atoms with Crippen molar-refractivity contribution in [2.75, 3.05) is 0 Å². The van der Waals surface area contributed by atoms with Crippen molar-refractivity contribution >= 4 is 27.7 Å². The standard InChI is InChI=1S/C27H23FN4O2/c1-18-6-2-3-7-20(18)16-31-24-9-5-4-8-22(24)23-15-30-32(27(34)26(23)31)17-25(33)29-14-19-10-12-21(28)13-11-19/h2-13,15H,14,16-17H2,1H3,(H,29,33). The summed E-state index contributed by atoms with van der Waals surface area (Å²) in [5, 5.41) is 8.75. The summed E-state index contributed by atoms with van der Waals surface area (Å²) in [5.41, 5.74) is 4.17. The largest absolute Gasteiger partial charge is 0.350 e. The number of carbonyl (C=O) groups is 1. The zero-order valence-corrected chi connectivity index (χ0v) is 18.7. The van der Waals surface area contributed by atoms with Crippen LogP contribution in [0.2, 0.25) is 0 Å². The monoisotopic (exact) mass is 454 g/mol. The average Bonchev–Trinajstić information content (AvgIpc) is 3.16. The van der Waals surface area contributed by atoms with E-state index in [1.165, 1.54) is 16.8 Å². The van der Waals surface area contributed by atoms with E-state index >= 15 is 0 Å². The molecule has 1 amide bonds. The predicted molar refractivity (Wildman–Crippen MR) is 130 cm³/mol. The van der Waals surface area contributed by atoms with Crippen molar-refractivity contribution in [2.45, 2.75) is 26.6 Å². The molecule has 0 fully saturated rings. The third kappa shape index (κ3) is 4.08. The SMILES string of the molecule is Cc1ccccc1Cn1c2ccccc2c2cnn(CC(=O)NCc3ccc(F)cc3)c(=O)c21. The van der Waals surface area contributed by atoms with Crippen LogP contribution in [0.5, 0.6) is 0 Å². The molecule has 6 nitrogen and oxygen atoms in total. The van der Waals surface area contributed by atoms with Gasteiger partial charge in [0.05, 0.1) is 6.20 Å². The fourth-order valence-corrected chi connectivity index (χ4v) is 4.22. The van der Waals surface area contributed by atoms with Crippen LogP contribution in [0.15, 0.2) is 83.8 Å². The molecule has 5 rings (SSSR count). The zero-order chi connectivity index (χ0) is 23.7. The number of benzene rings is 3. The highest BCUT2D eigenvalue weighted by molar-refractivity contribution is 6.07. The van der Waals surface area contributed by atoms with Crippen molar-refractivity contribution in [2.24, 2.45) is 0 Å². The minimum absolute atomic E-state index is 0.206. The fourth-order valence-electron chi connectivity index (χ4n) is 4.22. The first-order valence-electron chi connectivity index (χ1n) is 11.0. The Labute approximate surface area is 195 Å². The molecule has 170 valence electrons. The smallest absolute Gasteiger partial charge is 0.291 e. The fraction of sp³-hybridized carbons (Fsp3) is 0.148. The van der Waals surface area contributed by atoms with Crippen LogP contribution in [0.3, 0.4) is 0 Å². The maximum absolute atomic E-state index is 13.5. The quantitative estimate of drug-likeness (QED) is 0.419. The van der Waals surface area contributed by atoms with E-state index in [0.29, 0.717) is 12.1 Å². The maximum atomic E-state index is 13.5. The van der Waals surface area contributed by atoms with Crippen LogP contribution < -0.4 is 10.9 Å². The minimum atomic E-state index is -0.347. The molecule has 0 aliphatic heterocycles. The number of aromatic nitrogens is 3. The summed E-state index contributed by atoms with van der Waals surface area (Å²) >= 11 is 0. The Balaban J connectivity index is 1.49. The number of carbonyl (C=O) groups excluding carboxylic acids is 1. The number of rotatable bonds is 6. The molecule has 7 heteroatoms. The van der Waals surface area contributed by atoms with E-state index in [1.54, 1.807) is 18.3 Å². The van der Waals surface area contributed by atoms with Gasteiger partial charge < -0.3 is 9.88 Å². The van der Waals surface area contributed by atoms with Crippen LogP contribution in [0, 0.1) is 12.7 Å². The van der Waals surface area contributed by atoms with Crippen molar-refractivity contribution in [3.05, 3.63) is 112 Å². The lowest BCUT2D eigenvalue weighted by atomic mass is 10.1. The Bertz CT molecular complexity index is 1570. The highest BCUT2D eigenvalue weighted by Gasteiger charge is 2.17. The number of halogens is 1. The summed E-state index contributed by atoms with van der Waals surface area (Å²) in [5.74, 6) is -0.681. The lowest BCUT2D eigenvalue weighted by Gasteiger charge is -2.11. The molecule has 0 radical (unpaired) electrons. The van der Waals surface area contributed by atoms with Gasteiger partial charge in [0.25, 0.3) is 5.56 Å². The highest BCUT2D eigenvalue weighted by Crippen LogP contribution is 2.27. The Morgan fingerprint density at radius 1 is 0.971 bits per heavy atom. The topological polar surface area (TPSA) is 68.9 Å². The number of amides is 1. The molecule has 2 heterocycles. The van der Waals surface area contributed by atoms with Crippen LogP contribution in [-0.4, -0.2) is 20.3 Å². The van der Waals surface area contributed by atoms with Crippen LogP contribution in [0.1, 0.15) is 16.7 Å². The van der Waals surface area contributed by atoms with Gasteiger partial charge in [0, 0.05) is 29.4 Å². The van der Waals surface area contributed by atoms with Crippen LogP contribution in [0.4, 0.5) is 4.39 Å². The molecule has 3 aromatic carbocycles. The summed E-state index contributed by atoms with van der Waals surface area (Å²) in [6.45, 7) is 2.62. The van der Waals surface area contributed by atoms with Gasteiger partial charge in [-0.1, -0.05) is 54.6 Å². The van der Waals surface area contributed by atoms with Gasteiger partial charge in [0.2, 0.25) is 5.91 Å². The predicted octanol–water partition coefficient (Wildman–Crippen LogP) is 4.16. The third-order valence-corrected chi connectivity index (χ3v) is 6.06. The van der Waals surface area contributed by atoms with Gasteiger partial charge in [0.15, 0.2) is 0 Å². The summed E-state index contributed by atoms with van der Waals surface area (Å²) in [6.07, 6.45) is 1.65. The van der Waals surface area contributed by atoms with Gasteiger partial charge in [0.1, 0.15) is 17.9 Å². The van der Waals surface area contributed by atoms with Gasteiger partial charge in [-0.25, -0.2) is 9.07 Å². The van der Waals surface area contributed by atoms with Gasteiger partial charge in [-0.3, -0.25) is 9.59 Å². The van der Waals surface area contributed by atoms with Gasteiger partial charge in [-0.2, -0.15) is 5.10 Å². The Morgan fingerprint density at radius 3 is 2.50 bits per heavy atom. The zero-order valence-electron chi connectivity index (χ0n) is 18.7. The first-order valence-corrected chi connectivity index (χ1v) is 11.0. The molecule has 1 N–H and O–H groups in total. The molecule has 0 atom stereocenters. The first-order chi connectivity index (χ1) is 16.5. The van der Waals surface area contributed by atoms with E-state index in [4.69, 9.17) is 0 Å².